The topological polar surface area (TPSA) is 95.1 Å². The van der Waals surface area contributed by atoms with E-state index in [0.717, 1.165) is 24.2 Å². The van der Waals surface area contributed by atoms with Gasteiger partial charge in [-0.2, -0.15) is 0 Å². The number of nitrogens with zero attached hydrogens (tertiary/aromatic N) is 3. The number of carbonyl (C=O) groups excluding carboxylic acids is 1. The quantitative estimate of drug-likeness (QED) is 0.580. The number of thioether (sulfide) groups is 1. The van der Waals surface area contributed by atoms with E-state index in [4.69, 9.17) is 10.6 Å². The van der Waals surface area contributed by atoms with Gasteiger partial charge in [-0.1, -0.05) is 24.6 Å². The molecule has 3 rings (SSSR count). The first kappa shape index (κ1) is 17.6. The fourth-order valence-electron chi connectivity index (χ4n) is 2.91. The van der Waals surface area contributed by atoms with E-state index in [-0.39, 0.29) is 11.7 Å². The normalized spacial score (nSPS) is 14.6. The standard InChI is InChI=1S/C17H23N5O2S/c1-2-24-14-9-7-12(8-10-14)16-20-21-17(22(16)18)25-11-15(23)19-13-5-3-4-6-13/h7-10,13H,2-6,11,18H2,1H3,(H,19,23). The van der Waals surface area contributed by atoms with Crippen LogP contribution < -0.4 is 15.9 Å². The number of ether oxygens (including phenoxy) is 1. The molecule has 0 saturated heterocycles. The molecule has 25 heavy (non-hydrogen) atoms. The minimum atomic E-state index is 0.0162. The van der Waals surface area contributed by atoms with Gasteiger partial charge in [0.15, 0.2) is 5.82 Å². The van der Waals surface area contributed by atoms with Crippen LogP contribution in [0.1, 0.15) is 32.6 Å². The van der Waals surface area contributed by atoms with Gasteiger partial charge in [0.25, 0.3) is 0 Å². The van der Waals surface area contributed by atoms with Crippen LogP contribution in [0.4, 0.5) is 0 Å². The van der Waals surface area contributed by atoms with Crippen LogP contribution in [0.5, 0.6) is 5.75 Å². The third-order valence-electron chi connectivity index (χ3n) is 4.14. The number of amides is 1. The SMILES string of the molecule is CCOc1ccc(-c2nnc(SCC(=O)NC3CCCC3)n2N)cc1. The van der Waals surface area contributed by atoms with E-state index in [1.807, 2.05) is 31.2 Å². The molecule has 8 heteroatoms. The van der Waals surface area contributed by atoms with Gasteiger partial charge in [0.1, 0.15) is 5.75 Å². The maximum Gasteiger partial charge on any atom is 0.230 e. The summed E-state index contributed by atoms with van der Waals surface area (Å²) in [6, 6.07) is 7.84. The molecule has 7 nitrogen and oxygen atoms in total. The Balaban J connectivity index is 1.59. The van der Waals surface area contributed by atoms with Crippen LogP contribution in [0, 0.1) is 0 Å². The lowest BCUT2D eigenvalue weighted by Crippen LogP contribution is -2.34. The summed E-state index contributed by atoms with van der Waals surface area (Å²) in [5.74, 6) is 7.75. The number of rotatable bonds is 7. The van der Waals surface area contributed by atoms with E-state index in [1.165, 1.54) is 29.3 Å². The number of hydrogen-bond acceptors (Lipinski definition) is 6. The lowest BCUT2D eigenvalue weighted by atomic mass is 10.2. The Labute approximate surface area is 151 Å². The smallest absolute Gasteiger partial charge is 0.230 e. The Hall–Kier alpha value is -2.22. The van der Waals surface area contributed by atoms with E-state index < -0.39 is 0 Å². The van der Waals surface area contributed by atoms with Crippen molar-refractivity contribution in [2.45, 2.75) is 43.8 Å². The van der Waals surface area contributed by atoms with Crippen molar-refractivity contribution in [1.29, 1.82) is 0 Å². The van der Waals surface area contributed by atoms with Gasteiger partial charge in [0.2, 0.25) is 11.1 Å². The van der Waals surface area contributed by atoms with Crippen molar-refractivity contribution in [3.8, 4) is 17.1 Å². The van der Waals surface area contributed by atoms with Gasteiger partial charge < -0.3 is 15.9 Å². The van der Waals surface area contributed by atoms with Crippen LogP contribution in [0.3, 0.4) is 0 Å². The molecule has 1 fully saturated rings. The summed E-state index contributed by atoms with van der Waals surface area (Å²) in [6.45, 7) is 2.56. The highest BCUT2D eigenvalue weighted by molar-refractivity contribution is 7.99. The van der Waals surface area contributed by atoms with E-state index in [1.54, 1.807) is 0 Å². The van der Waals surface area contributed by atoms with Crippen molar-refractivity contribution in [2.24, 2.45) is 0 Å². The third kappa shape index (κ3) is 4.45. The van der Waals surface area contributed by atoms with Crippen molar-refractivity contribution < 1.29 is 9.53 Å². The molecular formula is C17H23N5O2S. The first-order valence-corrected chi connectivity index (χ1v) is 9.52. The maximum absolute atomic E-state index is 12.0. The molecule has 2 aromatic rings. The van der Waals surface area contributed by atoms with Crippen LogP contribution in [0.25, 0.3) is 11.4 Å². The second-order valence-corrected chi connectivity index (χ2v) is 6.91. The Morgan fingerprint density at radius 1 is 1.32 bits per heavy atom. The van der Waals surface area contributed by atoms with Crippen molar-refractivity contribution in [2.75, 3.05) is 18.2 Å². The Bertz CT molecular complexity index is 710. The molecule has 3 N–H and O–H groups in total. The minimum Gasteiger partial charge on any atom is -0.494 e. The maximum atomic E-state index is 12.0. The van der Waals surface area contributed by atoms with Crippen LogP contribution in [0.2, 0.25) is 0 Å². The highest BCUT2D eigenvalue weighted by Gasteiger charge is 2.18. The summed E-state index contributed by atoms with van der Waals surface area (Å²) in [7, 11) is 0. The summed E-state index contributed by atoms with van der Waals surface area (Å²) in [4.78, 5) is 12.0. The number of hydrogen-bond donors (Lipinski definition) is 2. The zero-order chi connectivity index (χ0) is 17.6. The Kier molecular flexibility index (Phi) is 5.80. The minimum absolute atomic E-state index is 0.0162. The second-order valence-electron chi connectivity index (χ2n) is 5.97. The number of nitrogens with two attached hydrogens (primary N) is 1. The summed E-state index contributed by atoms with van der Waals surface area (Å²) in [5.41, 5.74) is 0.848. The van der Waals surface area contributed by atoms with Crippen LogP contribution in [-0.4, -0.2) is 39.2 Å². The van der Waals surface area contributed by atoms with Crippen molar-refractivity contribution >= 4 is 17.7 Å². The molecule has 0 unspecified atom stereocenters. The van der Waals surface area contributed by atoms with Gasteiger partial charge in [-0.25, -0.2) is 4.68 Å². The molecule has 1 aromatic heterocycles. The molecule has 0 aliphatic heterocycles. The monoisotopic (exact) mass is 361 g/mol. The molecule has 1 heterocycles. The third-order valence-corrected chi connectivity index (χ3v) is 5.08. The van der Waals surface area contributed by atoms with E-state index >= 15 is 0 Å². The number of benzene rings is 1. The van der Waals surface area contributed by atoms with Gasteiger partial charge in [0, 0.05) is 11.6 Å². The van der Waals surface area contributed by atoms with Gasteiger partial charge in [-0.05, 0) is 44.0 Å². The number of nitrogens with one attached hydrogen (secondary N) is 1. The van der Waals surface area contributed by atoms with Crippen molar-refractivity contribution in [3.63, 3.8) is 0 Å². The molecule has 1 aliphatic rings. The predicted molar refractivity (Wildman–Crippen MR) is 97.9 cm³/mol. The van der Waals surface area contributed by atoms with Crippen LogP contribution in [-0.2, 0) is 4.79 Å². The molecule has 0 atom stereocenters. The molecule has 134 valence electrons. The van der Waals surface area contributed by atoms with Crippen LogP contribution >= 0.6 is 11.8 Å². The first-order valence-electron chi connectivity index (χ1n) is 8.53. The molecule has 1 saturated carbocycles. The fourth-order valence-corrected chi connectivity index (χ4v) is 3.58. The Morgan fingerprint density at radius 3 is 2.72 bits per heavy atom. The zero-order valence-electron chi connectivity index (χ0n) is 14.3. The van der Waals surface area contributed by atoms with E-state index in [9.17, 15) is 4.79 Å². The lowest BCUT2D eigenvalue weighted by molar-refractivity contribution is -0.119. The average molecular weight is 361 g/mol. The molecule has 0 radical (unpaired) electrons. The molecule has 0 spiro atoms. The van der Waals surface area contributed by atoms with Gasteiger partial charge in [-0.3, -0.25) is 4.79 Å². The fraction of sp³-hybridized carbons (Fsp3) is 0.471. The summed E-state index contributed by atoms with van der Waals surface area (Å²) in [6.07, 6.45) is 4.54. The average Bonchev–Trinajstić information content (AvgIpc) is 3.24. The molecule has 1 amide bonds. The summed E-state index contributed by atoms with van der Waals surface area (Å²) in [5, 5.41) is 11.8. The van der Waals surface area contributed by atoms with Crippen molar-refractivity contribution in [1.82, 2.24) is 20.2 Å². The summed E-state index contributed by atoms with van der Waals surface area (Å²) >= 11 is 1.29. The second kappa shape index (κ2) is 8.24. The number of nitrogen functional groups attached to an aromatic ring is 1. The van der Waals surface area contributed by atoms with Gasteiger partial charge in [-0.15, -0.1) is 10.2 Å². The lowest BCUT2D eigenvalue weighted by Gasteiger charge is -2.11. The number of carbonyl (C=O) groups is 1. The van der Waals surface area contributed by atoms with Crippen LogP contribution in [0.15, 0.2) is 29.4 Å². The molecule has 0 bridgehead atoms. The van der Waals surface area contributed by atoms with Crippen molar-refractivity contribution in [3.05, 3.63) is 24.3 Å². The number of aromatic nitrogens is 3. The molecular weight excluding hydrogens is 338 g/mol. The van der Waals surface area contributed by atoms with E-state index in [2.05, 4.69) is 15.5 Å². The molecule has 1 aliphatic carbocycles. The first-order chi connectivity index (χ1) is 12.2. The van der Waals surface area contributed by atoms with Gasteiger partial charge in [0.05, 0.1) is 12.4 Å². The highest BCUT2D eigenvalue weighted by Crippen LogP contribution is 2.24. The Morgan fingerprint density at radius 2 is 2.04 bits per heavy atom. The zero-order valence-corrected chi connectivity index (χ0v) is 15.1. The largest absolute Gasteiger partial charge is 0.494 e. The van der Waals surface area contributed by atoms with E-state index in [0.29, 0.717) is 23.6 Å². The molecule has 1 aromatic carbocycles. The predicted octanol–water partition coefficient (Wildman–Crippen LogP) is 2.21. The highest BCUT2D eigenvalue weighted by atomic mass is 32.2. The summed E-state index contributed by atoms with van der Waals surface area (Å²) < 4.78 is 6.85. The van der Waals surface area contributed by atoms with Gasteiger partial charge >= 0.3 is 0 Å².